The summed E-state index contributed by atoms with van der Waals surface area (Å²) in [5, 5.41) is 0.548. The second kappa shape index (κ2) is 5.75. The molecule has 106 valence electrons. The van der Waals surface area contributed by atoms with E-state index < -0.39 is 0 Å². The Kier molecular flexibility index (Phi) is 4.23. The zero-order valence-corrected chi connectivity index (χ0v) is 13.2. The van der Waals surface area contributed by atoms with E-state index in [1.165, 1.54) is 15.8 Å². The molecule has 6 heteroatoms. The molecular weight excluding hydrogens is 322 g/mol. The van der Waals surface area contributed by atoms with Crippen LogP contribution in [0.2, 0.25) is 0 Å². The first-order chi connectivity index (χ1) is 9.40. The largest absolute Gasteiger partial charge is 0.349 e. The number of amides is 1. The molecule has 0 aliphatic rings. The lowest BCUT2D eigenvalue weighted by Gasteiger charge is -2.17. The number of carbonyl (C=O) groups is 1. The van der Waals surface area contributed by atoms with Crippen molar-refractivity contribution in [3.05, 3.63) is 39.4 Å². The highest BCUT2D eigenvalue weighted by molar-refractivity contribution is 9.10. The van der Waals surface area contributed by atoms with E-state index in [0.29, 0.717) is 17.4 Å². The molecule has 1 atom stereocenters. The lowest BCUT2D eigenvalue weighted by Crippen LogP contribution is -2.33. The first kappa shape index (κ1) is 14.7. The standard InChI is InChI=1S/C14H16BrN3O2/c1-9(13(19)17(2)3)7-18-8-16-12-5-4-10(15)6-11(12)14(18)20/h4-6,8-9H,7H2,1-3H3. The van der Waals surface area contributed by atoms with Crippen LogP contribution in [0.25, 0.3) is 10.9 Å². The minimum atomic E-state index is -0.269. The van der Waals surface area contributed by atoms with Gasteiger partial charge in [0.15, 0.2) is 0 Å². The molecule has 20 heavy (non-hydrogen) atoms. The lowest BCUT2D eigenvalue weighted by molar-refractivity contribution is -0.132. The number of carbonyl (C=O) groups excluding carboxylic acids is 1. The number of fused-ring (bicyclic) bond motifs is 1. The maximum Gasteiger partial charge on any atom is 0.261 e. The molecule has 1 unspecified atom stereocenters. The Hall–Kier alpha value is -1.69. The van der Waals surface area contributed by atoms with Gasteiger partial charge < -0.3 is 4.90 Å². The Morgan fingerprint density at radius 1 is 1.45 bits per heavy atom. The molecule has 0 saturated heterocycles. The molecule has 1 amide bonds. The van der Waals surface area contributed by atoms with Crippen molar-refractivity contribution in [2.45, 2.75) is 13.5 Å². The highest BCUT2D eigenvalue weighted by Gasteiger charge is 2.16. The monoisotopic (exact) mass is 337 g/mol. The maximum absolute atomic E-state index is 12.4. The number of benzene rings is 1. The quantitative estimate of drug-likeness (QED) is 0.859. The minimum Gasteiger partial charge on any atom is -0.349 e. The van der Waals surface area contributed by atoms with Crippen LogP contribution in [0, 0.1) is 5.92 Å². The molecule has 0 bridgehead atoms. The van der Waals surface area contributed by atoms with Crippen LogP contribution in [-0.4, -0.2) is 34.5 Å². The van der Waals surface area contributed by atoms with E-state index >= 15 is 0 Å². The topological polar surface area (TPSA) is 55.2 Å². The molecule has 0 spiro atoms. The van der Waals surface area contributed by atoms with E-state index in [1.54, 1.807) is 33.2 Å². The van der Waals surface area contributed by atoms with E-state index in [0.717, 1.165) is 4.47 Å². The SMILES string of the molecule is CC(Cn1cnc2ccc(Br)cc2c1=O)C(=O)N(C)C. The summed E-state index contributed by atoms with van der Waals surface area (Å²) in [4.78, 5) is 30.0. The van der Waals surface area contributed by atoms with Gasteiger partial charge >= 0.3 is 0 Å². The fourth-order valence-corrected chi connectivity index (χ4v) is 2.44. The summed E-state index contributed by atoms with van der Waals surface area (Å²) >= 11 is 3.35. The molecule has 0 N–H and O–H groups in total. The number of rotatable bonds is 3. The summed E-state index contributed by atoms with van der Waals surface area (Å²) in [6.45, 7) is 2.13. The summed E-state index contributed by atoms with van der Waals surface area (Å²) < 4.78 is 2.32. The van der Waals surface area contributed by atoms with Gasteiger partial charge in [-0.3, -0.25) is 14.2 Å². The molecule has 2 aromatic rings. The van der Waals surface area contributed by atoms with Gasteiger partial charge in [-0.05, 0) is 18.2 Å². The third-order valence-electron chi connectivity index (χ3n) is 3.12. The normalized spacial score (nSPS) is 12.4. The third kappa shape index (κ3) is 2.90. The van der Waals surface area contributed by atoms with Gasteiger partial charge in [0, 0.05) is 25.1 Å². The third-order valence-corrected chi connectivity index (χ3v) is 3.61. The summed E-state index contributed by atoms with van der Waals surface area (Å²) in [5.41, 5.74) is 0.524. The van der Waals surface area contributed by atoms with Crippen LogP contribution in [0.4, 0.5) is 0 Å². The van der Waals surface area contributed by atoms with Crippen molar-refractivity contribution in [1.29, 1.82) is 0 Å². The highest BCUT2D eigenvalue weighted by atomic mass is 79.9. The van der Waals surface area contributed by atoms with Crippen LogP contribution >= 0.6 is 15.9 Å². The Morgan fingerprint density at radius 3 is 2.80 bits per heavy atom. The zero-order valence-electron chi connectivity index (χ0n) is 11.6. The van der Waals surface area contributed by atoms with E-state index in [1.807, 2.05) is 6.07 Å². The Morgan fingerprint density at radius 2 is 2.15 bits per heavy atom. The van der Waals surface area contributed by atoms with Crippen molar-refractivity contribution < 1.29 is 4.79 Å². The fraction of sp³-hybridized carbons (Fsp3) is 0.357. The summed E-state index contributed by atoms with van der Waals surface area (Å²) in [7, 11) is 3.41. The number of nitrogens with zero attached hydrogens (tertiary/aromatic N) is 3. The molecular formula is C14H16BrN3O2. The van der Waals surface area contributed by atoms with Gasteiger partial charge in [0.05, 0.1) is 23.1 Å². The molecule has 0 aliphatic carbocycles. The average Bonchev–Trinajstić information content (AvgIpc) is 2.41. The van der Waals surface area contributed by atoms with Crippen LogP contribution in [-0.2, 0) is 11.3 Å². The van der Waals surface area contributed by atoms with Gasteiger partial charge in [0.2, 0.25) is 5.91 Å². The first-order valence-electron chi connectivity index (χ1n) is 6.26. The molecule has 2 rings (SSSR count). The van der Waals surface area contributed by atoms with Gasteiger partial charge in [-0.25, -0.2) is 4.98 Å². The highest BCUT2D eigenvalue weighted by Crippen LogP contribution is 2.15. The number of halogens is 1. The van der Waals surface area contributed by atoms with Crippen LogP contribution < -0.4 is 5.56 Å². The molecule has 0 saturated carbocycles. The Balaban J connectivity index is 2.39. The van der Waals surface area contributed by atoms with E-state index in [9.17, 15) is 9.59 Å². The molecule has 1 aromatic carbocycles. The Bertz CT molecular complexity index is 709. The predicted molar refractivity (Wildman–Crippen MR) is 81.6 cm³/mol. The number of aromatic nitrogens is 2. The first-order valence-corrected chi connectivity index (χ1v) is 7.05. The van der Waals surface area contributed by atoms with Crippen molar-refractivity contribution in [1.82, 2.24) is 14.5 Å². The molecule has 1 heterocycles. The van der Waals surface area contributed by atoms with Crippen LogP contribution in [0.5, 0.6) is 0 Å². The van der Waals surface area contributed by atoms with Gasteiger partial charge in [-0.2, -0.15) is 0 Å². The second-order valence-electron chi connectivity index (χ2n) is 5.00. The van der Waals surface area contributed by atoms with Crippen molar-refractivity contribution in [3.63, 3.8) is 0 Å². The van der Waals surface area contributed by atoms with Crippen molar-refractivity contribution >= 4 is 32.7 Å². The van der Waals surface area contributed by atoms with E-state index in [2.05, 4.69) is 20.9 Å². The van der Waals surface area contributed by atoms with E-state index in [-0.39, 0.29) is 17.4 Å². The van der Waals surface area contributed by atoms with Crippen molar-refractivity contribution in [2.24, 2.45) is 5.92 Å². The summed E-state index contributed by atoms with van der Waals surface area (Å²) in [5.74, 6) is -0.277. The maximum atomic E-state index is 12.4. The number of hydrogen-bond acceptors (Lipinski definition) is 3. The molecule has 0 radical (unpaired) electrons. The van der Waals surface area contributed by atoms with Gasteiger partial charge in [0.1, 0.15) is 0 Å². The van der Waals surface area contributed by atoms with Crippen LogP contribution in [0.15, 0.2) is 33.8 Å². The summed E-state index contributed by atoms with van der Waals surface area (Å²) in [6.07, 6.45) is 1.50. The van der Waals surface area contributed by atoms with Crippen molar-refractivity contribution in [2.75, 3.05) is 14.1 Å². The van der Waals surface area contributed by atoms with Crippen LogP contribution in [0.1, 0.15) is 6.92 Å². The van der Waals surface area contributed by atoms with Crippen LogP contribution in [0.3, 0.4) is 0 Å². The molecule has 5 nitrogen and oxygen atoms in total. The van der Waals surface area contributed by atoms with Gasteiger partial charge in [-0.1, -0.05) is 22.9 Å². The Labute approximate surface area is 125 Å². The zero-order chi connectivity index (χ0) is 14.9. The lowest BCUT2D eigenvalue weighted by atomic mass is 10.1. The number of hydrogen-bond donors (Lipinski definition) is 0. The summed E-state index contributed by atoms with van der Waals surface area (Å²) in [6, 6.07) is 5.39. The predicted octanol–water partition coefficient (Wildman–Crippen LogP) is 1.88. The van der Waals surface area contributed by atoms with Crippen molar-refractivity contribution in [3.8, 4) is 0 Å². The second-order valence-corrected chi connectivity index (χ2v) is 5.91. The van der Waals surface area contributed by atoms with E-state index in [4.69, 9.17) is 0 Å². The average molecular weight is 338 g/mol. The fourth-order valence-electron chi connectivity index (χ4n) is 2.08. The molecule has 0 aliphatic heterocycles. The molecule has 1 aromatic heterocycles. The van der Waals surface area contributed by atoms with Gasteiger partial charge in [-0.15, -0.1) is 0 Å². The van der Waals surface area contributed by atoms with Gasteiger partial charge in [0.25, 0.3) is 5.56 Å². The smallest absolute Gasteiger partial charge is 0.261 e. The molecule has 0 fully saturated rings. The minimum absolute atomic E-state index is 0.00811.